The summed E-state index contributed by atoms with van der Waals surface area (Å²) in [6, 6.07) is 0. The first-order valence-electron chi connectivity index (χ1n) is 10.2. The first-order chi connectivity index (χ1) is 12.4. The molecule has 0 fully saturated rings. The largest absolute Gasteiger partial charge is 0.481 e. The molecule has 152 valence electrons. The first-order valence-corrected chi connectivity index (χ1v) is 10.2. The summed E-state index contributed by atoms with van der Waals surface area (Å²) in [7, 11) is 0. The Kier molecular flexibility index (Phi) is 15.0. The number of hydrogen-bond donors (Lipinski definition) is 3. The Morgan fingerprint density at radius 3 is 2.15 bits per heavy atom. The van der Waals surface area contributed by atoms with E-state index in [0.717, 1.165) is 44.9 Å². The molecule has 0 aliphatic rings. The van der Waals surface area contributed by atoms with Gasteiger partial charge in [0.2, 0.25) is 0 Å². The standard InChI is InChI=1S/C21H38O5/c1-3-4-5-9-14-19(22)15-11-13-18(17(2)21(25)26)12-8-6-7-10-16-20(23)24/h11,13,17-19,22H,3-10,12,14-16H2,1-2H3,(H,23,24)(H,25,26). The molecule has 3 N–H and O–H groups in total. The molecule has 5 heteroatoms. The lowest BCUT2D eigenvalue weighted by atomic mass is 9.88. The van der Waals surface area contributed by atoms with Crippen molar-refractivity contribution in [1.29, 1.82) is 0 Å². The smallest absolute Gasteiger partial charge is 0.306 e. The van der Waals surface area contributed by atoms with Crippen LogP contribution in [0.15, 0.2) is 12.2 Å². The van der Waals surface area contributed by atoms with Gasteiger partial charge in [0.05, 0.1) is 12.0 Å². The third-order valence-corrected chi connectivity index (χ3v) is 4.89. The highest BCUT2D eigenvalue weighted by atomic mass is 16.4. The van der Waals surface area contributed by atoms with Gasteiger partial charge in [-0.25, -0.2) is 0 Å². The molecule has 3 atom stereocenters. The second kappa shape index (κ2) is 15.9. The minimum absolute atomic E-state index is 0.0423. The summed E-state index contributed by atoms with van der Waals surface area (Å²) in [6.07, 6.45) is 13.8. The second-order valence-electron chi connectivity index (χ2n) is 7.30. The summed E-state index contributed by atoms with van der Waals surface area (Å²) in [5, 5.41) is 27.9. The number of carboxylic acids is 2. The van der Waals surface area contributed by atoms with Crippen LogP contribution in [0.1, 0.15) is 90.9 Å². The van der Waals surface area contributed by atoms with Crippen LogP contribution in [0.5, 0.6) is 0 Å². The van der Waals surface area contributed by atoms with Crippen LogP contribution in [0.4, 0.5) is 0 Å². The number of rotatable bonds is 17. The van der Waals surface area contributed by atoms with Crippen molar-refractivity contribution in [3.63, 3.8) is 0 Å². The molecule has 0 saturated carbocycles. The van der Waals surface area contributed by atoms with Gasteiger partial charge in [0.1, 0.15) is 0 Å². The van der Waals surface area contributed by atoms with Gasteiger partial charge in [-0.15, -0.1) is 0 Å². The average molecular weight is 371 g/mol. The fourth-order valence-corrected chi connectivity index (χ4v) is 3.04. The summed E-state index contributed by atoms with van der Waals surface area (Å²) in [5.41, 5.74) is 0. The molecule has 0 aromatic carbocycles. The predicted octanol–water partition coefficient (Wildman–Crippen LogP) is 5.03. The molecule has 0 aromatic heterocycles. The fourth-order valence-electron chi connectivity index (χ4n) is 3.04. The Labute approximate surface area is 158 Å². The van der Waals surface area contributed by atoms with Gasteiger partial charge in [-0.05, 0) is 31.6 Å². The summed E-state index contributed by atoms with van der Waals surface area (Å²) >= 11 is 0. The van der Waals surface area contributed by atoms with Gasteiger partial charge < -0.3 is 15.3 Å². The molecule has 0 saturated heterocycles. The van der Waals surface area contributed by atoms with Gasteiger partial charge >= 0.3 is 11.9 Å². The maximum atomic E-state index is 11.3. The number of unbranched alkanes of at least 4 members (excludes halogenated alkanes) is 6. The van der Waals surface area contributed by atoms with E-state index < -0.39 is 17.9 Å². The Hall–Kier alpha value is -1.36. The minimum atomic E-state index is -0.800. The average Bonchev–Trinajstić information content (AvgIpc) is 2.59. The zero-order chi connectivity index (χ0) is 19.8. The molecule has 0 radical (unpaired) electrons. The highest BCUT2D eigenvalue weighted by molar-refractivity contribution is 5.70. The molecule has 0 aliphatic carbocycles. The number of aliphatic carboxylic acids is 2. The molecule has 26 heavy (non-hydrogen) atoms. The lowest BCUT2D eigenvalue weighted by molar-refractivity contribution is -0.142. The van der Waals surface area contributed by atoms with Crippen LogP contribution in [0, 0.1) is 11.8 Å². The molecule has 0 rings (SSSR count). The van der Waals surface area contributed by atoms with Crippen LogP contribution in [0.3, 0.4) is 0 Å². The Morgan fingerprint density at radius 2 is 1.54 bits per heavy atom. The first kappa shape index (κ1) is 24.6. The van der Waals surface area contributed by atoms with Crippen LogP contribution in [-0.4, -0.2) is 33.4 Å². The predicted molar refractivity (Wildman–Crippen MR) is 104 cm³/mol. The number of aliphatic hydroxyl groups excluding tert-OH is 1. The monoisotopic (exact) mass is 370 g/mol. The minimum Gasteiger partial charge on any atom is -0.481 e. The van der Waals surface area contributed by atoms with E-state index in [2.05, 4.69) is 6.92 Å². The Morgan fingerprint density at radius 1 is 0.923 bits per heavy atom. The van der Waals surface area contributed by atoms with Gasteiger partial charge in [-0.1, -0.05) is 70.9 Å². The molecule has 0 bridgehead atoms. The third-order valence-electron chi connectivity index (χ3n) is 4.89. The van der Waals surface area contributed by atoms with Crippen molar-refractivity contribution < 1.29 is 24.9 Å². The zero-order valence-electron chi connectivity index (χ0n) is 16.5. The van der Waals surface area contributed by atoms with Gasteiger partial charge in [0.15, 0.2) is 0 Å². The van der Waals surface area contributed by atoms with E-state index in [1.807, 2.05) is 12.2 Å². The van der Waals surface area contributed by atoms with Gasteiger partial charge in [0, 0.05) is 6.42 Å². The molecular weight excluding hydrogens is 332 g/mol. The molecule has 0 amide bonds. The van der Waals surface area contributed by atoms with E-state index in [9.17, 15) is 19.8 Å². The maximum Gasteiger partial charge on any atom is 0.306 e. The molecule has 0 spiro atoms. The third kappa shape index (κ3) is 13.9. The zero-order valence-corrected chi connectivity index (χ0v) is 16.5. The lowest BCUT2D eigenvalue weighted by Gasteiger charge is -2.17. The van der Waals surface area contributed by atoms with E-state index in [1.54, 1.807) is 6.92 Å². The second-order valence-corrected chi connectivity index (χ2v) is 7.30. The number of allylic oxidation sites excluding steroid dienone is 1. The number of aliphatic hydroxyl groups is 1. The van der Waals surface area contributed by atoms with E-state index in [0.29, 0.717) is 12.8 Å². The van der Waals surface area contributed by atoms with Crippen LogP contribution >= 0.6 is 0 Å². The number of carbonyl (C=O) groups is 2. The van der Waals surface area contributed by atoms with Crippen molar-refractivity contribution >= 4 is 11.9 Å². The number of carboxylic acid groups (broad SMARTS) is 2. The van der Waals surface area contributed by atoms with Gasteiger partial charge in [0.25, 0.3) is 0 Å². The highest BCUT2D eigenvalue weighted by Gasteiger charge is 2.20. The highest BCUT2D eigenvalue weighted by Crippen LogP contribution is 2.22. The quantitative estimate of drug-likeness (QED) is 0.247. The summed E-state index contributed by atoms with van der Waals surface area (Å²) in [5.74, 6) is -2.06. The number of hydrogen-bond acceptors (Lipinski definition) is 3. The van der Waals surface area contributed by atoms with Crippen molar-refractivity contribution in [3.8, 4) is 0 Å². The van der Waals surface area contributed by atoms with E-state index in [-0.39, 0.29) is 18.4 Å². The fraction of sp³-hybridized carbons (Fsp3) is 0.810. The van der Waals surface area contributed by atoms with Crippen molar-refractivity contribution in [2.45, 2.75) is 97.0 Å². The van der Waals surface area contributed by atoms with E-state index in [4.69, 9.17) is 5.11 Å². The van der Waals surface area contributed by atoms with Crippen molar-refractivity contribution in [1.82, 2.24) is 0 Å². The van der Waals surface area contributed by atoms with Crippen molar-refractivity contribution in [2.75, 3.05) is 0 Å². The van der Waals surface area contributed by atoms with Gasteiger partial charge in [-0.2, -0.15) is 0 Å². The SMILES string of the molecule is CCCCCCC(O)CC=CC(CCCCCCC(=O)O)C(C)C(=O)O. The molecule has 5 nitrogen and oxygen atoms in total. The van der Waals surface area contributed by atoms with Crippen LogP contribution in [0.25, 0.3) is 0 Å². The van der Waals surface area contributed by atoms with Crippen molar-refractivity contribution in [3.05, 3.63) is 12.2 Å². The molecule has 3 unspecified atom stereocenters. The van der Waals surface area contributed by atoms with E-state index in [1.165, 1.54) is 12.8 Å². The Bertz CT molecular complexity index is 405. The van der Waals surface area contributed by atoms with E-state index >= 15 is 0 Å². The lowest BCUT2D eigenvalue weighted by Crippen LogP contribution is -2.19. The summed E-state index contributed by atoms with van der Waals surface area (Å²) in [6.45, 7) is 3.89. The summed E-state index contributed by atoms with van der Waals surface area (Å²) in [4.78, 5) is 21.8. The molecule has 0 aromatic rings. The maximum absolute atomic E-state index is 11.3. The topological polar surface area (TPSA) is 94.8 Å². The van der Waals surface area contributed by atoms with Crippen LogP contribution in [-0.2, 0) is 9.59 Å². The van der Waals surface area contributed by atoms with Crippen LogP contribution in [0.2, 0.25) is 0 Å². The molecule has 0 aliphatic heterocycles. The molecular formula is C21H38O5. The normalized spacial score (nSPS) is 15.0. The van der Waals surface area contributed by atoms with Crippen molar-refractivity contribution in [2.24, 2.45) is 11.8 Å². The molecule has 0 heterocycles. The van der Waals surface area contributed by atoms with Gasteiger partial charge in [-0.3, -0.25) is 9.59 Å². The van der Waals surface area contributed by atoms with Crippen LogP contribution < -0.4 is 0 Å². The summed E-state index contributed by atoms with van der Waals surface area (Å²) < 4.78 is 0. The Balaban J connectivity index is 4.20.